The molecule has 0 saturated carbocycles. The highest BCUT2D eigenvalue weighted by molar-refractivity contribution is 5.96. The highest BCUT2D eigenvalue weighted by Crippen LogP contribution is 2.20. The molecule has 4 nitrogen and oxygen atoms in total. The maximum absolute atomic E-state index is 11.1. The van der Waals surface area contributed by atoms with Crippen LogP contribution < -0.4 is 5.73 Å². The molecule has 1 aromatic heterocycles. The Morgan fingerprint density at radius 3 is 2.88 bits per heavy atom. The molecular formula is C13H14N2O2. The van der Waals surface area contributed by atoms with Crippen molar-refractivity contribution in [1.82, 2.24) is 4.57 Å². The number of para-hydroxylation sites is 1. The molecule has 0 aliphatic carbocycles. The summed E-state index contributed by atoms with van der Waals surface area (Å²) in [6.45, 7) is 2.27. The van der Waals surface area contributed by atoms with Crippen LogP contribution in [0.5, 0.6) is 0 Å². The smallest absolute Gasteiger partial charge is 0.222 e. The van der Waals surface area contributed by atoms with Gasteiger partial charge < -0.3 is 10.3 Å². The number of fused-ring (bicyclic) bond motifs is 1. The monoisotopic (exact) mass is 230 g/mol. The minimum Gasteiger partial charge on any atom is -0.369 e. The van der Waals surface area contributed by atoms with Gasteiger partial charge in [-0.25, -0.2) is 0 Å². The van der Waals surface area contributed by atoms with Crippen LogP contribution in [0.3, 0.4) is 0 Å². The molecule has 2 N–H and O–H groups in total. The fourth-order valence-corrected chi connectivity index (χ4v) is 1.92. The Labute approximate surface area is 99.0 Å². The number of amides is 1. The lowest BCUT2D eigenvalue weighted by Gasteiger charge is -2.10. The number of aldehydes is 1. The molecule has 0 saturated heterocycles. The van der Waals surface area contributed by atoms with Crippen molar-refractivity contribution in [3.8, 4) is 0 Å². The van der Waals surface area contributed by atoms with Gasteiger partial charge in [0.1, 0.15) is 0 Å². The number of nitrogens with two attached hydrogens (primary N) is 1. The first kappa shape index (κ1) is 11.4. The van der Waals surface area contributed by atoms with Gasteiger partial charge in [-0.1, -0.05) is 19.1 Å². The van der Waals surface area contributed by atoms with Gasteiger partial charge in [0.05, 0.1) is 11.4 Å². The zero-order chi connectivity index (χ0) is 12.4. The highest BCUT2D eigenvalue weighted by Gasteiger charge is 2.12. The lowest BCUT2D eigenvalue weighted by Crippen LogP contribution is -2.24. The van der Waals surface area contributed by atoms with Crippen molar-refractivity contribution in [1.29, 1.82) is 0 Å². The molecular weight excluding hydrogens is 216 g/mol. The fourth-order valence-electron chi connectivity index (χ4n) is 1.92. The Morgan fingerprint density at radius 2 is 2.24 bits per heavy atom. The summed E-state index contributed by atoms with van der Waals surface area (Å²) < 4.78 is 1.90. The van der Waals surface area contributed by atoms with E-state index in [0.29, 0.717) is 12.1 Å². The second kappa shape index (κ2) is 4.41. The zero-order valence-electron chi connectivity index (χ0n) is 9.59. The van der Waals surface area contributed by atoms with Crippen LogP contribution in [-0.2, 0) is 11.3 Å². The summed E-state index contributed by atoms with van der Waals surface area (Å²) in [7, 11) is 0. The van der Waals surface area contributed by atoms with Gasteiger partial charge in [0, 0.05) is 23.7 Å². The number of carbonyl (C=O) groups excluding carboxylic acids is 2. The number of hydrogen-bond acceptors (Lipinski definition) is 2. The van der Waals surface area contributed by atoms with Crippen molar-refractivity contribution >= 4 is 23.1 Å². The molecule has 0 spiro atoms. The van der Waals surface area contributed by atoms with Gasteiger partial charge in [-0.3, -0.25) is 9.59 Å². The van der Waals surface area contributed by atoms with E-state index in [1.807, 2.05) is 29.0 Å². The second-order valence-corrected chi connectivity index (χ2v) is 4.17. The third-order valence-electron chi connectivity index (χ3n) is 2.90. The summed E-state index contributed by atoms with van der Waals surface area (Å²) >= 11 is 0. The Bertz CT molecular complexity index is 572. The van der Waals surface area contributed by atoms with Crippen molar-refractivity contribution < 1.29 is 9.59 Å². The predicted molar refractivity (Wildman–Crippen MR) is 65.7 cm³/mol. The second-order valence-electron chi connectivity index (χ2n) is 4.17. The van der Waals surface area contributed by atoms with Crippen molar-refractivity contribution in [2.45, 2.75) is 13.5 Å². The van der Waals surface area contributed by atoms with E-state index in [-0.39, 0.29) is 11.8 Å². The van der Waals surface area contributed by atoms with Crippen LogP contribution in [-0.4, -0.2) is 16.8 Å². The number of nitrogens with zero attached hydrogens (tertiary/aromatic N) is 1. The van der Waals surface area contributed by atoms with Crippen LogP contribution >= 0.6 is 0 Å². The van der Waals surface area contributed by atoms with E-state index in [1.165, 1.54) is 0 Å². The number of hydrogen-bond donors (Lipinski definition) is 1. The van der Waals surface area contributed by atoms with E-state index < -0.39 is 0 Å². The van der Waals surface area contributed by atoms with E-state index in [9.17, 15) is 9.59 Å². The average Bonchev–Trinajstić information content (AvgIpc) is 2.72. The van der Waals surface area contributed by atoms with E-state index in [4.69, 9.17) is 5.73 Å². The summed E-state index contributed by atoms with van der Waals surface area (Å²) in [5.74, 6) is -0.597. The molecule has 1 amide bonds. The summed E-state index contributed by atoms with van der Waals surface area (Å²) in [6, 6.07) is 7.47. The molecule has 88 valence electrons. The molecule has 1 atom stereocenters. The Kier molecular flexibility index (Phi) is 2.95. The summed E-state index contributed by atoms with van der Waals surface area (Å²) in [5.41, 5.74) is 6.73. The first-order valence-corrected chi connectivity index (χ1v) is 5.46. The third kappa shape index (κ3) is 2.06. The third-order valence-corrected chi connectivity index (χ3v) is 2.90. The van der Waals surface area contributed by atoms with E-state index in [0.717, 1.165) is 17.2 Å². The number of aromatic nitrogens is 1. The molecule has 2 rings (SSSR count). The molecule has 2 aromatic rings. The van der Waals surface area contributed by atoms with Crippen molar-refractivity contribution in [3.63, 3.8) is 0 Å². The van der Waals surface area contributed by atoms with Gasteiger partial charge >= 0.3 is 0 Å². The standard InChI is InChI=1S/C13H14N2O2/c1-9(13(14)17)7-15-6-5-10-3-2-4-11(8-16)12(10)15/h2-6,8-9H,7H2,1H3,(H2,14,17). The summed E-state index contributed by atoms with van der Waals surface area (Å²) in [6.07, 6.45) is 2.70. The van der Waals surface area contributed by atoms with Gasteiger partial charge in [0.2, 0.25) is 5.91 Å². The first-order chi connectivity index (χ1) is 8.13. The number of carbonyl (C=O) groups is 2. The van der Waals surface area contributed by atoms with E-state index in [1.54, 1.807) is 13.0 Å². The van der Waals surface area contributed by atoms with Gasteiger partial charge in [-0.15, -0.1) is 0 Å². The van der Waals surface area contributed by atoms with Gasteiger partial charge in [0.15, 0.2) is 6.29 Å². The number of primary amides is 1. The van der Waals surface area contributed by atoms with Gasteiger partial charge in [-0.2, -0.15) is 0 Å². The van der Waals surface area contributed by atoms with Crippen LogP contribution in [0.1, 0.15) is 17.3 Å². The molecule has 1 heterocycles. The maximum Gasteiger partial charge on any atom is 0.222 e. The molecule has 0 radical (unpaired) electrons. The average molecular weight is 230 g/mol. The molecule has 17 heavy (non-hydrogen) atoms. The number of rotatable bonds is 4. The highest BCUT2D eigenvalue weighted by atomic mass is 16.1. The Morgan fingerprint density at radius 1 is 1.47 bits per heavy atom. The quantitative estimate of drug-likeness (QED) is 0.810. The molecule has 0 fully saturated rings. The predicted octanol–water partition coefficient (Wildman–Crippen LogP) is 1.58. The first-order valence-electron chi connectivity index (χ1n) is 5.46. The SMILES string of the molecule is CC(Cn1ccc2cccc(C=O)c21)C(N)=O. The Balaban J connectivity index is 2.48. The minimum atomic E-state index is -0.338. The molecule has 0 bridgehead atoms. The largest absolute Gasteiger partial charge is 0.369 e. The summed E-state index contributed by atoms with van der Waals surface area (Å²) in [5, 5.41) is 0.992. The van der Waals surface area contributed by atoms with Crippen LogP contribution in [0.15, 0.2) is 30.5 Å². The van der Waals surface area contributed by atoms with E-state index in [2.05, 4.69) is 0 Å². The van der Waals surface area contributed by atoms with Crippen molar-refractivity contribution in [3.05, 3.63) is 36.0 Å². The lowest BCUT2D eigenvalue weighted by molar-refractivity contribution is -0.121. The maximum atomic E-state index is 11.1. The molecule has 0 aliphatic rings. The molecule has 1 unspecified atom stereocenters. The number of benzene rings is 1. The van der Waals surface area contributed by atoms with Crippen LogP contribution in [0.25, 0.3) is 10.9 Å². The minimum absolute atomic E-state index is 0.259. The lowest BCUT2D eigenvalue weighted by atomic mass is 10.1. The summed E-state index contributed by atoms with van der Waals surface area (Å²) in [4.78, 5) is 22.0. The van der Waals surface area contributed by atoms with Crippen LogP contribution in [0.2, 0.25) is 0 Å². The van der Waals surface area contributed by atoms with E-state index >= 15 is 0 Å². The zero-order valence-corrected chi connectivity index (χ0v) is 9.59. The van der Waals surface area contributed by atoms with Crippen molar-refractivity contribution in [2.75, 3.05) is 0 Å². The normalized spacial score (nSPS) is 12.5. The Hall–Kier alpha value is -2.10. The van der Waals surface area contributed by atoms with Crippen LogP contribution in [0, 0.1) is 5.92 Å². The fraction of sp³-hybridized carbons (Fsp3) is 0.231. The molecule has 1 aromatic carbocycles. The van der Waals surface area contributed by atoms with Crippen LogP contribution in [0.4, 0.5) is 0 Å². The van der Waals surface area contributed by atoms with Crippen molar-refractivity contribution in [2.24, 2.45) is 11.7 Å². The van der Waals surface area contributed by atoms with Gasteiger partial charge in [-0.05, 0) is 12.1 Å². The molecule has 4 heteroatoms. The molecule has 0 aliphatic heterocycles. The topological polar surface area (TPSA) is 65.1 Å². The van der Waals surface area contributed by atoms with Gasteiger partial charge in [0.25, 0.3) is 0 Å².